The molecule has 3 aromatic rings. The molecule has 0 spiro atoms. The summed E-state index contributed by atoms with van der Waals surface area (Å²) in [7, 11) is 0. The lowest BCUT2D eigenvalue weighted by molar-refractivity contribution is -0.121. The van der Waals surface area contributed by atoms with Crippen LogP contribution in [0.25, 0.3) is 0 Å². The summed E-state index contributed by atoms with van der Waals surface area (Å²) >= 11 is 1.52. The number of aryl methyl sites for hydroxylation is 2. The summed E-state index contributed by atoms with van der Waals surface area (Å²) in [4.78, 5) is 21.4. The van der Waals surface area contributed by atoms with Gasteiger partial charge in [-0.3, -0.25) is 4.79 Å². The van der Waals surface area contributed by atoms with E-state index in [4.69, 9.17) is 4.74 Å². The Morgan fingerprint density at radius 3 is 2.34 bits per heavy atom. The number of nitrogens with one attached hydrogen (secondary N) is 1. The van der Waals surface area contributed by atoms with E-state index < -0.39 is 0 Å². The normalized spacial score (nSPS) is 10.6. The number of carbonyl (C=O) groups excluding carboxylic acids is 1. The Balaban J connectivity index is 1.58. The quantitative estimate of drug-likeness (QED) is 0.427. The molecule has 0 aliphatic heterocycles. The number of thioether (sulfide) groups is 1. The lowest BCUT2D eigenvalue weighted by Gasteiger charge is -2.13. The summed E-state index contributed by atoms with van der Waals surface area (Å²) in [5.74, 6) is 1.50. The maximum atomic E-state index is 12.4. The molecule has 1 amide bonds. The van der Waals surface area contributed by atoms with Crippen molar-refractivity contribution in [1.82, 2.24) is 15.3 Å². The Kier molecular flexibility index (Phi) is 7.25. The van der Waals surface area contributed by atoms with Gasteiger partial charge in [0.15, 0.2) is 5.16 Å². The maximum absolute atomic E-state index is 12.4. The molecule has 0 fully saturated rings. The molecular formula is C23H25N3O2S. The van der Waals surface area contributed by atoms with Crippen LogP contribution >= 0.6 is 11.8 Å². The number of hydrogen-bond donors (Lipinski definition) is 1. The average molecular weight is 408 g/mol. The third-order valence-electron chi connectivity index (χ3n) is 4.60. The zero-order chi connectivity index (χ0) is 20.6. The van der Waals surface area contributed by atoms with Crippen LogP contribution in [0.2, 0.25) is 0 Å². The first kappa shape index (κ1) is 20.9. The molecular weight excluding hydrogens is 382 g/mol. The minimum Gasteiger partial charge on any atom is -0.457 e. The Hall–Kier alpha value is -2.86. The van der Waals surface area contributed by atoms with Gasteiger partial charge in [-0.1, -0.05) is 48.2 Å². The lowest BCUT2D eigenvalue weighted by Crippen LogP contribution is -2.23. The van der Waals surface area contributed by atoms with Gasteiger partial charge in [-0.15, -0.1) is 0 Å². The first-order chi connectivity index (χ1) is 14.1. The van der Waals surface area contributed by atoms with E-state index in [0.29, 0.717) is 19.4 Å². The number of carbonyl (C=O) groups is 1. The predicted octanol–water partition coefficient (Wildman–Crippen LogP) is 4.86. The highest BCUT2D eigenvalue weighted by Crippen LogP contribution is 2.25. The SMILES string of the molecule is CSc1nc(C)c(CCC(=O)NCc2ccccc2Oc2ccccc2)c(C)n1. The van der Waals surface area contributed by atoms with Crippen molar-refractivity contribution >= 4 is 17.7 Å². The molecule has 0 unspecified atom stereocenters. The van der Waals surface area contributed by atoms with Gasteiger partial charge >= 0.3 is 0 Å². The number of rotatable bonds is 8. The number of amides is 1. The molecule has 0 aliphatic rings. The van der Waals surface area contributed by atoms with Crippen LogP contribution in [0.5, 0.6) is 11.5 Å². The third kappa shape index (κ3) is 5.81. The first-order valence-corrected chi connectivity index (χ1v) is 10.7. The standard InChI is InChI=1S/C23H25N3O2S/c1-16-20(17(2)26-23(25-16)29-3)13-14-22(27)24-15-18-9-7-8-12-21(18)28-19-10-5-4-6-11-19/h4-12H,13-15H2,1-3H3,(H,24,27). The molecule has 29 heavy (non-hydrogen) atoms. The minimum absolute atomic E-state index is 0.00717. The van der Waals surface area contributed by atoms with Crippen molar-refractivity contribution < 1.29 is 9.53 Å². The van der Waals surface area contributed by atoms with E-state index in [0.717, 1.165) is 39.2 Å². The monoisotopic (exact) mass is 407 g/mol. The molecule has 0 aliphatic carbocycles. The van der Waals surface area contributed by atoms with Crippen LogP contribution in [0, 0.1) is 13.8 Å². The number of nitrogens with zero attached hydrogens (tertiary/aromatic N) is 2. The average Bonchev–Trinajstić information content (AvgIpc) is 2.73. The van der Waals surface area contributed by atoms with Gasteiger partial charge in [0.25, 0.3) is 0 Å². The van der Waals surface area contributed by atoms with Crippen LogP contribution in [0.3, 0.4) is 0 Å². The molecule has 3 rings (SSSR count). The lowest BCUT2D eigenvalue weighted by atomic mass is 10.1. The van der Waals surface area contributed by atoms with Crippen molar-refractivity contribution in [3.63, 3.8) is 0 Å². The van der Waals surface area contributed by atoms with Gasteiger partial charge in [-0.2, -0.15) is 0 Å². The Bertz CT molecular complexity index is 954. The highest BCUT2D eigenvalue weighted by atomic mass is 32.2. The van der Waals surface area contributed by atoms with Crippen LogP contribution in [-0.4, -0.2) is 22.1 Å². The Morgan fingerprint density at radius 1 is 1.00 bits per heavy atom. The second kappa shape index (κ2) is 10.1. The fourth-order valence-electron chi connectivity index (χ4n) is 3.05. The van der Waals surface area contributed by atoms with Gasteiger partial charge in [0.05, 0.1) is 0 Å². The molecule has 5 nitrogen and oxygen atoms in total. The fraction of sp³-hybridized carbons (Fsp3) is 0.261. The van der Waals surface area contributed by atoms with Crippen molar-refractivity contribution in [1.29, 1.82) is 0 Å². The molecule has 2 aromatic carbocycles. The summed E-state index contributed by atoms with van der Waals surface area (Å²) in [6, 6.07) is 17.4. The Labute approximate surface area is 175 Å². The van der Waals surface area contributed by atoms with Crippen molar-refractivity contribution in [2.75, 3.05) is 6.26 Å². The van der Waals surface area contributed by atoms with Gasteiger partial charge < -0.3 is 10.1 Å². The number of ether oxygens (including phenoxy) is 1. The highest BCUT2D eigenvalue weighted by molar-refractivity contribution is 7.98. The van der Waals surface area contributed by atoms with Crippen LogP contribution in [0.1, 0.15) is 28.9 Å². The minimum atomic E-state index is -0.00717. The van der Waals surface area contributed by atoms with Crippen LogP contribution in [0.15, 0.2) is 59.8 Å². The highest BCUT2D eigenvalue weighted by Gasteiger charge is 2.11. The summed E-state index contributed by atoms with van der Waals surface area (Å²) in [6.45, 7) is 4.36. The summed E-state index contributed by atoms with van der Waals surface area (Å²) < 4.78 is 5.95. The van der Waals surface area contributed by atoms with Gasteiger partial charge in [0, 0.05) is 29.9 Å². The van der Waals surface area contributed by atoms with Crippen molar-refractivity contribution in [2.45, 2.75) is 38.4 Å². The van der Waals surface area contributed by atoms with Crippen LogP contribution < -0.4 is 10.1 Å². The summed E-state index contributed by atoms with van der Waals surface area (Å²) in [5.41, 5.74) is 3.86. The van der Waals surface area contributed by atoms with E-state index in [1.807, 2.05) is 74.7 Å². The molecule has 6 heteroatoms. The van der Waals surface area contributed by atoms with Gasteiger partial charge in [-0.05, 0) is 50.3 Å². The molecule has 0 saturated heterocycles. The fourth-order valence-corrected chi connectivity index (χ4v) is 3.50. The van der Waals surface area contributed by atoms with Crippen molar-refractivity contribution in [3.05, 3.63) is 77.1 Å². The summed E-state index contributed by atoms with van der Waals surface area (Å²) in [5, 5.41) is 3.76. The van der Waals surface area contributed by atoms with Crippen LogP contribution in [0.4, 0.5) is 0 Å². The van der Waals surface area contributed by atoms with Crippen molar-refractivity contribution in [2.24, 2.45) is 0 Å². The summed E-state index contributed by atoms with van der Waals surface area (Å²) in [6.07, 6.45) is 2.98. The molecule has 1 N–H and O–H groups in total. The number of hydrogen-bond acceptors (Lipinski definition) is 5. The Morgan fingerprint density at radius 2 is 1.66 bits per heavy atom. The number of para-hydroxylation sites is 2. The van der Waals surface area contributed by atoms with E-state index in [1.54, 1.807) is 0 Å². The third-order valence-corrected chi connectivity index (χ3v) is 5.15. The molecule has 1 heterocycles. The van der Waals surface area contributed by atoms with E-state index in [-0.39, 0.29) is 5.91 Å². The largest absolute Gasteiger partial charge is 0.457 e. The molecule has 1 aromatic heterocycles. The topological polar surface area (TPSA) is 64.1 Å². The van der Waals surface area contributed by atoms with E-state index in [2.05, 4.69) is 15.3 Å². The van der Waals surface area contributed by atoms with Crippen LogP contribution in [-0.2, 0) is 17.8 Å². The molecule has 0 atom stereocenters. The second-order valence-corrected chi connectivity index (χ2v) is 7.43. The maximum Gasteiger partial charge on any atom is 0.220 e. The zero-order valence-corrected chi connectivity index (χ0v) is 17.8. The van der Waals surface area contributed by atoms with Gasteiger partial charge in [-0.25, -0.2) is 9.97 Å². The molecule has 0 saturated carbocycles. The van der Waals surface area contributed by atoms with E-state index in [9.17, 15) is 4.79 Å². The molecule has 0 radical (unpaired) electrons. The van der Waals surface area contributed by atoms with E-state index in [1.165, 1.54) is 11.8 Å². The first-order valence-electron chi connectivity index (χ1n) is 9.52. The number of aromatic nitrogens is 2. The smallest absolute Gasteiger partial charge is 0.220 e. The van der Waals surface area contributed by atoms with Crippen molar-refractivity contribution in [3.8, 4) is 11.5 Å². The van der Waals surface area contributed by atoms with Gasteiger partial charge in [0.1, 0.15) is 11.5 Å². The zero-order valence-electron chi connectivity index (χ0n) is 16.9. The van der Waals surface area contributed by atoms with Gasteiger partial charge in [0.2, 0.25) is 5.91 Å². The van der Waals surface area contributed by atoms with E-state index >= 15 is 0 Å². The molecule has 0 bridgehead atoms. The second-order valence-electron chi connectivity index (χ2n) is 6.66. The number of benzene rings is 2. The molecule has 150 valence electrons. The predicted molar refractivity (Wildman–Crippen MR) is 116 cm³/mol.